The zero-order valence-electron chi connectivity index (χ0n) is 32.6. The van der Waals surface area contributed by atoms with E-state index in [-0.39, 0.29) is 22.8 Å². The molecule has 0 fully saturated rings. The lowest BCUT2D eigenvalue weighted by atomic mass is 10.0. The summed E-state index contributed by atoms with van der Waals surface area (Å²) < 4.78 is 104. The molecule has 0 amide bonds. The highest BCUT2D eigenvalue weighted by Gasteiger charge is 2.43. The van der Waals surface area contributed by atoms with E-state index in [1.54, 1.807) is 19.2 Å². The van der Waals surface area contributed by atoms with E-state index in [1.807, 2.05) is 26.0 Å². The lowest BCUT2D eigenvalue weighted by Crippen LogP contribution is -2.24. The Balaban J connectivity index is 0.000000331. The quantitative estimate of drug-likeness (QED) is 0.0197. The predicted molar refractivity (Wildman–Crippen MR) is 210 cm³/mol. The van der Waals surface area contributed by atoms with Gasteiger partial charge in [-0.2, -0.15) is 22.0 Å². The van der Waals surface area contributed by atoms with Crippen LogP contribution in [-0.2, 0) is 19.1 Å². The largest absolute Gasteiger partial charge is 0.504 e. The fourth-order valence-corrected chi connectivity index (χ4v) is 5.74. The summed E-state index contributed by atoms with van der Waals surface area (Å²) in [6.45, 7) is 10.5. The molecule has 0 aliphatic heterocycles. The molecule has 7 N–H and O–H groups in total. The van der Waals surface area contributed by atoms with E-state index in [9.17, 15) is 35.8 Å². The predicted octanol–water partition coefficient (Wildman–Crippen LogP) is 8.81. The summed E-state index contributed by atoms with van der Waals surface area (Å²) >= 11 is 5.93. The maximum absolute atomic E-state index is 14.1. The van der Waals surface area contributed by atoms with Crippen LogP contribution in [-0.4, -0.2) is 61.5 Å². The van der Waals surface area contributed by atoms with Crippen LogP contribution >= 0.6 is 11.6 Å². The van der Waals surface area contributed by atoms with Crippen LogP contribution in [0.2, 0.25) is 5.28 Å². The van der Waals surface area contributed by atoms with Gasteiger partial charge in [-0.15, -0.1) is 0 Å². The molecule has 320 valence electrons. The van der Waals surface area contributed by atoms with Crippen LogP contribution in [0, 0.1) is 23.3 Å². The minimum Gasteiger partial charge on any atom is -0.504 e. The molecule has 0 radical (unpaired) electrons. The van der Waals surface area contributed by atoms with Gasteiger partial charge in [0.05, 0.1) is 13.2 Å². The van der Waals surface area contributed by atoms with Crippen molar-refractivity contribution in [3.05, 3.63) is 99.5 Å². The van der Waals surface area contributed by atoms with Crippen LogP contribution in [0.5, 0.6) is 23.0 Å². The van der Waals surface area contributed by atoms with Crippen LogP contribution in [0.1, 0.15) is 74.4 Å². The average Bonchev–Trinajstić information content (AvgIpc) is 3.20. The zero-order chi connectivity index (χ0) is 42.7. The number of phenolic OH excluding ortho intramolecular Hbond substituents is 1. The first-order valence-electron chi connectivity index (χ1n) is 18.9. The van der Waals surface area contributed by atoms with Gasteiger partial charge in [0.2, 0.25) is 22.7 Å². The molecule has 0 bridgehead atoms. The second-order valence-corrected chi connectivity index (χ2v) is 13.3. The van der Waals surface area contributed by atoms with Gasteiger partial charge in [0, 0.05) is 18.3 Å². The highest BCUT2D eigenvalue weighted by Crippen LogP contribution is 2.40. The molecule has 4 aromatic rings. The number of nitrogens with zero attached hydrogens (tertiary/aromatic N) is 2. The Hall–Kier alpha value is -4.42. The van der Waals surface area contributed by atoms with Crippen molar-refractivity contribution >= 4 is 17.4 Å². The number of hydrogen-bond acceptors (Lipinski definition) is 10. The second kappa shape index (κ2) is 24.5. The highest BCUT2D eigenvalue weighted by atomic mass is 35.5. The van der Waals surface area contributed by atoms with Crippen molar-refractivity contribution in [1.29, 1.82) is 0 Å². The van der Waals surface area contributed by atoms with Crippen LogP contribution in [0.25, 0.3) is 0 Å². The number of alkyl halides is 3. The molecule has 0 aliphatic carbocycles. The maximum atomic E-state index is 14.1. The number of unbranched alkanes of at least 4 members (excludes halogenated alkanes) is 1. The van der Waals surface area contributed by atoms with E-state index in [0.717, 1.165) is 69.9 Å². The summed E-state index contributed by atoms with van der Waals surface area (Å²) in [6, 6.07) is 12.4. The number of aromatic hydroxyl groups is 1. The monoisotopic (exact) mass is 845 g/mol. The van der Waals surface area contributed by atoms with Gasteiger partial charge in [-0.25, -0.2) is 18.7 Å². The first-order chi connectivity index (χ1) is 27.7. The third-order valence-electron chi connectivity index (χ3n) is 8.65. The Morgan fingerprint density at radius 1 is 0.793 bits per heavy atom. The number of hydrogen-bond donors (Lipinski definition) is 6. The minimum atomic E-state index is -5.63. The van der Waals surface area contributed by atoms with Crippen molar-refractivity contribution in [2.24, 2.45) is 5.73 Å². The molecule has 4 rings (SSSR count). The van der Waals surface area contributed by atoms with Gasteiger partial charge in [0.1, 0.15) is 17.1 Å². The zero-order valence-corrected chi connectivity index (χ0v) is 33.4. The average molecular weight is 846 g/mol. The molecular formula is C40H51ClF7N7O3. The summed E-state index contributed by atoms with van der Waals surface area (Å²) in [5.74, 6) is -10.5. The van der Waals surface area contributed by atoms with Crippen molar-refractivity contribution in [3.8, 4) is 23.0 Å². The molecule has 18 heteroatoms. The molecule has 3 aromatic carbocycles. The number of aromatic nitrogens is 2. The van der Waals surface area contributed by atoms with Crippen molar-refractivity contribution in [2.75, 3.05) is 51.7 Å². The maximum Gasteiger partial charge on any atom is 0.422 e. The number of anilines is 1. The first-order valence-corrected chi connectivity index (χ1v) is 19.3. The molecular weight excluding hydrogens is 795 g/mol. The van der Waals surface area contributed by atoms with Gasteiger partial charge < -0.3 is 41.6 Å². The SMILES string of the molecule is CCc1cc(NC(CC)c2ccc(Oc3c(F)c(F)c(C(F)(F)F)c(F)c3F)cc2)nc(Cl)n1.COc1cc(CNCCCNCCCCNCCCN)ccc1O. The Kier molecular flexibility index (Phi) is 20.2. The Labute approximate surface area is 339 Å². The van der Waals surface area contributed by atoms with Gasteiger partial charge in [-0.05, 0) is 125 Å². The van der Waals surface area contributed by atoms with Crippen LogP contribution in [0.15, 0.2) is 48.5 Å². The van der Waals surface area contributed by atoms with E-state index >= 15 is 0 Å². The van der Waals surface area contributed by atoms with E-state index in [1.165, 1.54) is 37.1 Å². The molecule has 0 saturated carbocycles. The number of nitrogens with one attached hydrogen (secondary N) is 4. The van der Waals surface area contributed by atoms with Crippen molar-refractivity contribution in [1.82, 2.24) is 25.9 Å². The molecule has 1 heterocycles. The van der Waals surface area contributed by atoms with Crippen molar-refractivity contribution < 1.29 is 45.3 Å². The summed E-state index contributed by atoms with van der Waals surface area (Å²) in [6.07, 6.45) is 0.158. The van der Waals surface area contributed by atoms with Crippen molar-refractivity contribution in [3.63, 3.8) is 0 Å². The molecule has 10 nitrogen and oxygen atoms in total. The Morgan fingerprint density at radius 3 is 1.97 bits per heavy atom. The first kappa shape index (κ1) is 48.0. The number of methoxy groups -OCH3 is 1. The van der Waals surface area contributed by atoms with E-state index in [2.05, 4.69) is 31.2 Å². The van der Waals surface area contributed by atoms with E-state index < -0.39 is 40.8 Å². The van der Waals surface area contributed by atoms with Gasteiger partial charge >= 0.3 is 6.18 Å². The molecule has 1 atom stereocenters. The number of phenols is 1. The molecule has 0 aliphatic rings. The number of ether oxygens (including phenoxy) is 2. The normalized spacial score (nSPS) is 11.9. The van der Waals surface area contributed by atoms with Crippen LogP contribution in [0.4, 0.5) is 36.6 Å². The van der Waals surface area contributed by atoms with E-state index in [0.29, 0.717) is 30.0 Å². The summed E-state index contributed by atoms with van der Waals surface area (Å²) in [5.41, 5.74) is 5.29. The standard InChI is InChI=1S/C22H17ClF7N3O.C18H34N4O2/c1-3-11-9-14(33-21(23)31-11)32-13(4-2)10-5-7-12(8-6-10)34-20-18(26)16(24)15(22(28,29)30)17(25)19(20)27;1-24-18-14-16(6-7-17(18)23)15-22-13-5-12-21-10-3-2-9-20-11-4-8-19/h5-9,13H,3-4H2,1-2H3,(H,31,32,33);6-7,14,20-23H,2-5,8-13,15,19H2,1H3. The molecule has 0 saturated heterocycles. The van der Waals surface area contributed by atoms with Crippen LogP contribution < -0.4 is 36.5 Å². The van der Waals surface area contributed by atoms with Gasteiger partial charge in [0.15, 0.2) is 23.1 Å². The van der Waals surface area contributed by atoms with Crippen molar-refractivity contribution in [2.45, 2.75) is 71.1 Å². The summed E-state index contributed by atoms with van der Waals surface area (Å²) in [7, 11) is 1.56. The summed E-state index contributed by atoms with van der Waals surface area (Å²) in [5, 5.41) is 23.1. The third-order valence-corrected chi connectivity index (χ3v) is 8.82. The third kappa shape index (κ3) is 15.1. The summed E-state index contributed by atoms with van der Waals surface area (Å²) in [4.78, 5) is 8.19. The molecule has 0 spiro atoms. The topological polar surface area (TPSA) is 139 Å². The fraction of sp³-hybridized carbons (Fsp3) is 0.450. The minimum absolute atomic E-state index is 0.0699. The molecule has 1 unspecified atom stereocenters. The number of halogens is 8. The number of benzene rings is 3. The van der Waals surface area contributed by atoms with Gasteiger partial charge in [-0.1, -0.05) is 32.0 Å². The number of nitrogens with two attached hydrogens (primary N) is 1. The molecule has 58 heavy (non-hydrogen) atoms. The van der Waals surface area contributed by atoms with Crippen LogP contribution in [0.3, 0.4) is 0 Å². The highest BCUT2D eigenvalue weighted by molar-refractivity contribution is 6.28. The van der Waals surface area contributed by atoms with Gasteiger partial charge in [0.25, 0.3) is 0 Å². The second-order valence-electron chi connectivity index (χ2n) is 13.0. The van der Waals surface area contributed by atoms with Gasteiger partial charge in [-0.3, -0.25) is 0 Å². The number of aryl methyl sites for hydroxylation is 1. The van der Waals surface area contributed by atoms with E-state index in [4.69, 9.17) is 26.8 Å². The molecule has 1 aromatic heterocycles. The Morgan fingerprint density at radius 2 is 1.40 bits per heavy atom. The Bertz CT molecular complexity index is 1830. The lowest BCUT2D eigenvalue weighted by Gasteiger charge is -2.19. The lowest BCUT2D eigenvalue weighted by molar-refractivity contribution is -0.143. The number of rotatable bonds is 22. The fourth-order valence-electron chi connectivity index (χ4n) is 5.54. The smallest absolute Gasteiger partial charge is 0.422 e.